The first-order chi connectivity index (χ1) is 8.79. The Balaban J connectivity index is 1.81. The van der Waals surface area contributed by atoms with Crippen LogP contribution < -0.4 is 10.1 Å². The molecule has 0 aliphatic carbocycles. The van der Waals surface area contributed by atoms with E-state index in [2.05, 4.69) is 10.3 Å². The minimum Gasteiger partial charge on any atom is -0.497 e. The van der Waals surface area contributed by atoms with Gasteiger partial charge in [-0.2, -0.15) is 0 Å². The number of aliphatic hydroxyl groups excluding tert-OH is 1. The van der Waals surface area contributed by atoms with Gasteiger partial charge in [-0.15, -0.1) is 11.3 Å². The van der Waals surface area contributed by atoms with Gasteiger partial charge in [0.25, 0.3) is 0 Å². The smallest absolute Gasteiger partial charge is 0.118 e. The third-order valence-electron chi connectivity index (χ3n) is 2.62. The summed E-state index contributed by atoms with van der Waals surface area (Å²) in [5.41, 5.74) is 2.68. The number of hydrogen-bond acceptors (Lipinski definition) is 5. The average molecular weight is 264 g/mol. The maximum Gasteiger partial charge on any atom is 0.118 e. The Hall–Kier alpha value is -1.43. The highest BCUT2D eigenvalue weighted by Crippen LogP contribution is 2.17. The highest BCUT2D eigenvalue weighted by Gasteiger charge is 2.07. The Bertz CT molecular complexity index is 456. The molecule has 0 bridgehead atoms. The third-order valence-corrected chi connectivity index (χ3v) is 3.40. The number of ether oxygens (including phenoxy) is 1. The van der Waals surface area contributed by atoms with E-state index < -0.39 is 6.10 Å². The minimum absolute atomic E-state index is 0.510. The van der Waals surface area contributed by atoms with Gasteiger partial charge in [-0.25, -0.2) is 0 Å². The van der Waals surface area contributed by atoms with Crippen molar-refractivity contribution in [3.8, 4) is 5.75 Å². The van der Waals surface area contributed by atoms with Gasteiger partial charge in [0.1, 0.15) is 5.75 Å². The summed E-state index contributed by atoms with van der Waals surface area (Å²) in [6, 6.07) is 7.44. The number of aromatic nitrogens is 1. The second-order valence-corrected chi connectivity index (χ2v) is 4.86. The van der Waals surface area contributed by atoms with Gasteiger partial charge in [-0.05, 0) is 17.7 Å². The number of thiazole rings is 1. The van der Waals surface area contributed by atoms with E-state index in [1.54, 1.807) is 24.0 Å². The van der Waals surface area contributed by atoms with E-state index in [9.17, 15) is 5.11 Å². The first kappa shape index (κ1) is 13.0. The molecule has 96 valence electrons. The van der Waals surface area contributed by atoms with Gasteiger partial charge >= 0.3 is 0 Å². The molecule has 1 unspecified atom stereocenters. The van der Waals surface area contributed by atoms with Gasteiger partial charge in [0, 0.05) is 24.2 Å². The number of nitrogens with one attached hydrogen (secondary N) is 1. The van der Waals surface area contributed by atoms with Crippen LogP contribution in [0, 0.1) is 0 Å². The summed E-state index contributed by atoms with van der Waals surface area (Å²) >= 11 is 1.60. The lowest BCUT2D eigenvalue weighted by atomic mass is 10.1. The van der Waals surface area contributed by atoms with Crippen molar-refractivity contribution in [3.05, 3.63) is 46.4 Å². The molecule has 0 radical (unpaired) electrons. The van der Waals surface area contributed by atoms with Crippen LogP contribution in [0.3, 0.4) is 0 Å². The standard InChI is InChI=1S/C13H16N2O2S/c1-17-11-4-2-10(3-5-11)13(16)8-14-6-12-7-15-9-18-12/h2-5,7,9,13-14,16H,6,8H2,1H3. The summed E-state index contributed by atoms with van der Waals surface area (Å²) in [5.74, 6) is 0.795. The van der Waals surface area contributed by atoms with E-state index in [1.165, 1.54) is 0 Å². The van der Waals surface area contributed by atoms with Crippen LogP contribution >= 0.6 is 11.3 Å². The average Bonchev–Trinajstić information content (AvgIpc) is 2.92. The molecular weight excluding hydrogens is 248 g/mol. The molecule has 1 aromatic heterocycles. The molecule has 1 heterocycles. The molecule has 0 amide bonds. The van der Waals surface area contributed by atoms with Crippen LogP contribution in [0.1, 0.15) is 16.5 Å². The lowest BCUT2D eigenvalue weighted by Gasteiger charge is -2.12. The molecule has 0 fully saturated rings. The highest BCUT2D eigenvalue weighted by atomic mass is 32.1. The summed E-state index contributed by atoms with van der Waals surface area (Å²) in [4.78, 5) is 5.16. The highest BCUT2D eigenvalue weighted by molar-refractivity contribution is 7.09. The number of rotatable bonds is 6. The zero-order valence-electron chi connectivity index (χ0n) is 10.2. The van der Waals surface area contributed by atoms with Crippen molar-refractivity contribution in [1.29, 1.82) is 0 Å². The van der Waals surface area contributed by atoms with Crippen molar-refractivity contribution in [2.24, 2.45) is 0 Å². The van der Waals surface area contributed by atoms with E-state index in [0.717, 1.165) is 22.7 Å². The Morgan fingerprint density at radius 1 is 1.39 bits per heavy atom. The summed E-state index contributed by atoms with van der Waals surface area (Å²) in [7, 11) is 1.63. The second-order valence-electron chi connectivity index (χ2n) is 3.89. The molecule has 0 saturated heterocycles. The molecule has 0 aliphatic heterocycles. The molecule has 0 aliphatic rings. The third kappa shape index (κ3) is 3.53. The van der Waals surface area contributed by atoms with Gasteiger partial charge in [0.2, 0.25) is 0 Å². The van der Waals surface area contributed by atoms with E-state index in [0.29, 0.717) is 6.54 Å². The van der Waals surface area contributed by atoms with Crippen LogP contribution in [0.4, 0.5) is 0 Å². The van der Waals surface area contributed by atoms with E-state index >= 15 is 0 Å². The Labute approximate surface area is 110 Å². The molecule has 18 heavy (non-hydrogen) atoms. The summed E-state index contributed by atoms with van der Waals surface area (Å²) in [6.07, 6.45) is 1.32. The zero-order chi connectivity index (χ0) is 12.8. The Kier molecular flexibility index (Phi) is 4.69. The molecule has 0 saturated carbocycles. The quantitative estimate of drug-likeness (QED) is 0.837. The SMILES string of the molecule is COc1ccc(C(O)CNCc2cncs2)cc1. The van der Waals surface area contributed by atoms with E-state index in [-0.39, 0.29) is 0 Å². The Morgan fingerprint density at radius 2 is 2.17 bits per heavy atom. The predicted molar refractivity (Wildman–Crippen MR) is 71.8 cm³/mol. The molecule has 1 aromatic carbocycles. The molecule has 1 atom stereocenters. The second kappa shape index (κ2) is 6.49. The summed E-state index contributed by atoms with van der Waals surface area (Å²) in [6.45, 7) is 1.25. The molecule has 0 spiro atoms. The van der Waals surface area contributed by atoms with Crippen LogP contribution in [0.15, 0.2) is 36.0 Å². The minimum atomic E-state index is -0.510. The number of methoxy groups -OCH3 is 1. The fraction of sp³-hybridized carbons (Fsp3) is 0.308. The van der Waals surface area contributed by atoms with E-state index in [1.807, 2.05) is 30.5 Å². The van der Waals surface area contributed by atoms with Crippen molar-refractivity contribution < 1.29 is 9.84 Å². The zero-order valence-corrected chi connectivity index (χ0v) is 11.0. The van der Waals surface area contributed by atoms with Crippen LogP contribution in [0.25, 0.3) is 0 Å². The normalized spacial score (nSPS) is 12.3. The van der Waals surface area contributed by atoms with Gasteiger partial charge in [-0.1, -0.05) is 12.1 Å². The molecule has 2 N–H and O–H groups in total. The fourth-order valence-electron chi connectivity index (χ4n) is 1.61. The van der Waals surface area contributed by atoms with E-state index in [4.69, 9.17) is 4.74 Å². The van der Waals surface area contributed by atoms with Gasteiger partial charge in [-0.3, -0.25) is 4.98 Å². The molecular formula is C13H16N2O2S. The van der Waals surface area contributed by atoms with Crippen molar-refractivity contribution >= 4 is 11.3 Å². The largest absolute Gasteiger partial charge is 0.497 e. The van der Waals surface area contributed by atoms with Crippen LogP contribution in [-0.2, 0) is 6.54 Å². The monoisotopic (exact) mass is 264 g/mol. The van der Waals surface area contributed by atoms with Crippen molar-refractivity contribution in [3.63, 3.8) is 0 Å². The van der Waals surface area contributed by atoms with Gasteiger partial charge < -0.3 is 15.2 Å². The first-order valence-corrected chi connectivity index (χ1v) is 6.57. The predicted octanol–water partition coefficient (Wildman–Crippen LogP) is 1.97. The lowest BCUT2D eigenvalue weighted by Crippen LogP contribution is -2.20. The molecule has 2 rings (SSSR count). The van der Waals surface area contributed by atoms with Crippen LogP contribution in [0.2, 0.25) is 0 Å². The maximum atomic E-state index is 10.00. The first-order valence-electron chi connectivity index (χ1n) is 5.69. The Morgan fingerprint density at radius 3 is 2.78 bits per heavy atom. The van der Waals surface area contributed by atoms with Crippen molar-refractivity contribution in [2.45, 2.75) is 12.6 Å². The number of aliphatic hydroxyl groups is 1. The number of benzene rings is 1. The van der Waals surface area contributed by atoms with Crippen LogP contribution in [0.5, 0.6) is 5.75 Å². The number of nitrogens with zero attached hydrogens (tertiary/aromatic N) is 1. The number of hydrogen-bond donors (Lipinski definition) is 2. The van der Waals surface area contributed by atoms with Crippen molar-refractivity contribution in [1.82, 2.24) is 10.3 Å². The van der Waals surface area contributed by atoms with Crippen LogP contribution in [-0.4, -0.2) is 23.7 Å². The summed E-state index contributed by atoms with van der Waals surface area (Å²) in [5, 5.41) is 13.2. The topological polar surface area (TPSA) is 54.4 Å². The fourth-order valence-corrected chi connectivity index (χ4v) is 2.17. The molecule has 4 nitrogen and oxygen atoms in total. The maximum absolute atomic E-state index is 10.00. The van der Waals surface area contributed by atoms with Gasteiger partial charge in [0.05, 0.1) is 18.7 Å². The summed E-state index contributed by atoms with van der Waals surface area (Å²) < 4.78 is 5.08. The molecule has 2 aromatic rings. The van der Waals surface area contributed by atoms with Gasteiger partial charge in [0.15, 0.2) is 0 Å². The lowest BCUT2D eigenvalue weighted by molar-refractivity contribution is 0.174. The molecule has 5 heteroatoms. The van der Waals surface area contributed by atoms with Crippen molar-refractivity contribution in [2.75, 3.05) is 13.7 Å².